The first-order chi connectivity index (χ1) is 10.0. The van der Waals surface area contributed by atoms with E-state index in [0.29, 0.717) is 11.4 Å². The maximum atomic E-state index is 12.5. The highest BCUT2D eigenvalue weighted by Crippen LogP contribution is 2.23. The highest BCUT2D eigenvalue weighted by atomic mass is 32.1. The van der Waals surface area contributed by atoms with E-state index in [9.17, 15) is 14.7 Å². The Labute approximate surface area is 129 Å². The van der Waals surface area contributed by atoms with Crippen molar-refractivity contribution in [3.63, 3.8) is 0 Å². The van der Waals surface area contributed by atoms with E-state index < -0.39 is 6.04 Å². The number of amides is 2. The monoisotopic (exact) mass is 310 g/mol. The second kappa shape index (κ2) is 7.04. The molecule has 1 aromatic heterocycles. The van der Waals surface area contributed by atoms with Crippen molar-refractivity contribution in [2.45, 2.75) is 38.8 Å². The molecule has 6 heteroatoms. The van der Waals surface area contributed by atoms with Crippen molar-refractivity contribution in [1.29, 1.82) is 0 Å². The van der Waals surface area contributed by atoms with Gasteiger partial charge in [0.15, 0.2) is 0 Å². The molecular formula is C15H22N2O3S. The maximum Gasteiger partial charge on any atom is 0.261 e. The van der Waals surface area contributed by atoms with Crippen molar-refractivity contribution in [2.75, 3.05) is 13.2 Å². The summed E-state index contributed by atoms with van der Waals surface area (Å²) in [6.45, 7) is 4.36. The van der Waals surface area contributed by atoms with Gasteiger partial charge in [-0.1, -0.05) is 13.0 Å². The molecule has 2 N–H and O–H groups in total. The molecule has 0 bridgehead atoms. The van der Waals surface area contributed by atoms with Crippen LogP contribution in [0.15, 0.2) is 17.5 Å². The number of piperidine rings is 1. The predicted molar refractivity (Wildman–Crippen MR) is 82.2 cm³/mol. The Hall–Kier alpha value is -1.40. The maximum absolute atomic E-state index is 12.5. The summed E-state index contributed by atoms with van der Waals surface area (Å²) in [6.07, 6.45) is 1.96. The molecule has 0 saturated carbocycles. The molecular weight excluding hydrogens is 288 g/mol. The fourth-order valence-corrected chi connectivity index (χ4v) is 3.41. The van der Waals surface area contributed by atoms with Crippen LogP contribution in [0.1, 0.15) is 36.4 Å². The molecule has 0 radical (unpaired) electrons. The van der Waals surface area contributed by atoms with Crippen molar-refractivity contribution < 1.29 is 14.7 Å². The lowest BCUT2D eigenvalue weighted by molar-refractivity contribution is -0.139. The van der Waals surface area contributed by atoms with Crippen LogP contribution in [-0.2, 0) is 4.79 Å². The number of nitrogens with zero attached hydrogens (tertiary/aromatic N) is 1. The highest BCUT2D eigenvalue weighted by molar-refractivity contribution is 7.12. The Morgan fingerprint density at radius 1 is 1.57 bits per heavy atom. The second-order valence-corrected chi connectivity index (χ2v) is 6.52. The lowest BCUT2D eigenvalue weighted by Crippen LogP contribution is -2.55. The fraction of sp³-hybridized carbons (Fsp3) is 0.600. The van der Waals surface area contributed by atoms with Crippen LogP contribution in [0, 0.1) is 5.92 Å². The number of hydrogen-bond donors (Lipinski definition) is 2. The first-order valence-corrected chi connectivity index (χ1v) is 8.18. The van der Waals surface area contributed by atoms with Crippen LogP contribution in [0.25, 0.3) is 0 Å². The van der Waals surface area contributed by atoms with Gasteiger partial charge < -0.3 is 15.3 Å². The van der Waals surface area contributed by atoms with Crippen LogP contribution in [0.3, 0.4) is 0 Å². The zero-order valence-electron chi connectivity index (χ0n) is 12.4. The predicted octanol–water partition coefficient (Wildman–Crippen LogP) is 1.49. The van der Waals surface area contributed by atoms with E-state index in [-0.39, 0.29) is 30.4 Å². The Morgan fingerprint density at radius 3 is 2.95 bits per heavy atom. The van der Waals surface area contributed by atoms with E-state index in [1.165, 1.54) is 11.3 Å². The number of nitrogens with one attached hydrogen (secondary N) is 1. The van der Waals surface area contributed by atoms with Gasteiger partial charge in [0.1, 0.15) is 6.04 Å². The number of hydrogen-bond acceptors (Lipinski definition) is 4. The molecule has 1 fully saturated rings. The van der Waals surface area contributed by atoms with Crippen LogP contribution in [0.2, 0.25) is 0 Å². The topological polar surface area (TPSA) is 69.6 Å². The molecule has 1 aromatic rings. The van der Waals surface area contributed by atoms with Crippen LogP contribution >= 0.6 is 11.3 Å². The molecule has 21 heavy (non-hydrogen) atoms. The van der Waals surface area contributed by atoms with Gasteiger partial charge in [0.25, 0.3) is 5.91 Å². The summed E-state index contributed by atoms with van der Waals surface area (Å²) in [6, 6.07) is 2.81. The van der Waals surface area contributed by atoms with Gasteiger partial charge in [-0.15, -0.1) is 11.3 Å². The van der Waals surface area contributed by atoms with Gasteiger partial charge in [0, 0.05) is 6.54 Å². The average molecular weight is 310 g/mol. The molecule has 5 nitrogen and oxygen atoms in total. The van der Waals surface area contributed by atoms with Crippen molar-refractivity contribution in [3.05, 3.63) is 22.4 Å². The number of carbonyl (C=O) groups excluding carboxylic acids is 2. The summed E-state index contributed by atoms with van der Waals surface area (Å²) in [4.78, 5) is 26.8. The zero-order chi connectivity index (χ0) is 15.4. The third kappa shape index (κ3) is 3.63. The number of thiophene rings is 1. The van der Waals surface area contributed by atoms with Crippen molar-refractivity contribution in [1.82, 2.24) is 10.2 Å². The number of rotatable bonds is 4. The van der Waals surface area contributed by atoms with Crippen LogP contribution in [0.4, 0.5) is 0 Å². The molecule has 1 saturated heterocycles. The Bertz CT molecular complexity index is 489. The van der Waals surface area contributed by atoms with E-state index in [4.69, 9.17) is 0 Å². The van der Waals surface area contributed by atoms with Gasteiger partial charge in [-0.25, -0.2) is 0 Å². The number of likely N-dealkylation sites (tertiary alicyclic amines) is 1. The smallest absolute Gasteiger partial charge is 0.261 e. The minimum Gasteiger partial charge on any atom is -0.394 e. The largest absolute Gasteiger partial charge is 0.394 e. The Balaban J connectivity index is 1.99. The molecule has 116 valence electrons. The molecule has 0 spiro atoms. The van der Waals surface area contributed by atoms with Gasteiger partial charge in [-0.3, -0.25) is 9.59 Å². The molecule has 1 aliphatic rings. The molecule has 3 unspecified atom stereocenters. The van der Waals surface area contributed by atoms with E-state index in [1.807, 2.05) is 5.38 Å². The second-order valence-electron chi connectivity index (χ2n) is 5.57. The van der Waals surface area contributed by atoms with Crippen LogP contribution in [0.5, 0.6) is 0 Å². The minimum absolute atomic E-state index is 0.0293. The molecule has 2 rings (SSSR count). The number of aliphatic hydroxyl groups excluding tert-OH is 1. The fourth-order valence-electron chi connectivity index (χ4n) is 2.79. The SMILES string of the molecule is CC(NC(=O)c1cccs1)C(=O)N1CCCC(C)C1CO. The molecule has 2 heterocycles. The number of aliphatic hydroxyl groups is 1. The lowest BCUT2D eigenvalue weighted by Gasteiger charge is -2.40. The summed E-state index contributed by atoms with van der Waals surface area (Å²) < 4.78 is 0. The summed E-state index contributed by atoms with van der Waals surface area (Å²) >= 11 is 1.35. The highest BCUT2D eigenvalue weighted by Gasteiger charge is 2.33. The van der Waals surface area contributed by atoms with Crippen LogP contribution < -0.4 is 5.32 Å². The third-order valence-corrected chi connectivity index (χ3v) is 4.92. The summed E-state index contributed by atoms with van der Waals surface area (Å²) in [5, 5.41) is 14.1. The molecule has 3 atom stereocenters. The first-order valence-electron chi connectivity index (χ1n) is 7.30. The quantitative estimate of drug-likeness (QED) is 0.885. The van der Waals surface area contributed by atoms with Gasteiger partial charge in [-0.05, 0) is 37.1 Å². The van der Waals surface area contributed by atoms with E-state index >= 15 is 0 Å². The molecule has 1 aliphatic heterocycles. The third-order valence-electron chi connectivity index (χ3n) is 4.05. The molecule has 2 amide bonds. The van der Waals surface area contributed by atoms with E-state index in [0.717, 1.165) is 12.8 Å². The molecule has 0 aliphatic carbocycles. The molecule has 0 aromatic carbocycles. The van der Waals surface area contributed by atoms with Crippen molar-refractivity contribution in [3.8, 4) is 0 Å². The van der Waals surface area contributed by atoms with Gasteiger partial charge in [0.2, 0.25) is 5.91 Å². The van der Waals surface area contributed by atoms with Gasteiger partial charge in [0.05, 0.1) is 17.5 Å². The standard InChI is InChI=1S/C15H22N2O3S/c1-10-5-3-7-17(12(10)9-18)15(20)11(2)16-14(19)13-6-4-8-21-13/h4,6,8,10-12,18H,3,5,7,9H2,1-2H3,(H,16,19). The van der Waals surface area contributed by atoms with Gasteiger partial charge in [-0.2, -0.15) is 0 Å². The van der Waals surface area contributed by atoms with Crippen LogP contribution in [-0.4, -0.2) is 47.1 Å². The Morgan fingerprint density at radius 2 is 2.33 bits per heavy atom. The van der Waals surface area contributed by atoms with Crippen molar-refractivity contribution >= 4 is 23.2 Å². The minimum atomic E-state index is -0.584. The average Bonchev–Trinajstić information content (AvgIpc) is 3.00. The summed E-state index contributed by atoms with van der Waals surface area (Å²) in [7, 11) is 0. The van der Waals surface area contributed by atoms with Crippen molar-refractivity contribution in [2.24, 2.45) is 5.92 Å². The number of carbonyl (C=O) groups is 2. The summed E-state index contributed by atoms with van der Waals surface area (Å²) in [5.41, 5.74) is 0. The van der Waals surface area contributed by atoms with E-state index in [2.05, 4.69) is 12.2 Å². The zero-order valence-corrected chi connectivity index (χ0v) is 13.2. The first kappa shape index (κ1) is 16.0. The van der Waals surface area contributed by atoms with E-state index in [1.54, 1.807) is 24.0 Å². The lowest BCUT2D eigenvalue weighted by atomic mass is 9.91. The normalized spacial score (nSPS) is 23.7. The summed E-state index contributed by atoms with van der Waals surface area (Å²) in [5.74, 6) is -0.0603. The van der Waals surface area contributed by atoms with Gasteiger partial charge >= 0.3 is 0 Å². The Kier molecular flexibility index (Phi) is 5.36.